The molecule has 0 aliphatic rings. The predicted molar refractivity (Wildman–Crippen MR) is 44.9 cm³/mol. The first-order valence-corrected chi connectivity index (χ1v) is 3.90. The Morgan fingerprint density at radius 3 is 3.00 bits per heavy atom. The van der Waals surface area contributed by atoms with Gasteiger partial charge in [-0.15, -0.1) is 0 Å². The normalized spacial score (nSPS) is 10.7. The first-order chi connectivity index (χ1) is 6.59. The maximum absolute atomic E-state index is 13.0. The van der Waals surface area contributed by atoms with Crippen molar-refractivity contribution >= 4 is 23.2 Å². The lowest BCUT2D eigenvalue weighted by Crippen LogP contribution is -2.04. The molecule has 0 bridgehead atoms. The summed E-state index contributed by atoms with van der Waals surface area (Å²) in [6.07, 6.45) is 0.917. The van der Waals surface area contributed by atoms with E-state index in [1.807, 2.05) is 0 Å². The van der Waals surface area contributed by atoms with Crippen LogP contribution in [-0.4, -0.2) is 25.7 Å². The first kappa shape index (κ1) is 8.89. The van der Waals surface area contributed by atoms with Crippen molar-refractivity contribution < 1.29 is 14.3 Å². The second-order valence-corrected chi connectivity index (χ2v) is 2.88. The smallest absolute Gasteiger partial charge is 0.354 e. The quantitative estimate of drug-likeness (QED) is 0.727. The van der Waals surface area contributed by atoms with Crippen molar-refractivity contribution in [2.75, 3.05) is 0 Å². The topological polar surface area (TPSA) is 67.5 Å². The molecule has 0 fully saturated rings. The number of halogens is 2. The second kappa shape index (κ2) is 2.91. The molecule has 14 heavy (non-hydrogen) atoms. The molecule has 2 aromatic heterocycles. The Kier molecular flexibility index (Phi) is 1.85. The van der Waals surface area contributed by atoms with Crippen LogP contribution in [0.25, 0.3) is 5.65 Å². The number of rotatable bonds is 1. The number of carbonyl (C=O) groups is 1. The van der Waals surface area contributed by atoms with E-state index in [2.05, 4.69) is 10.1 Å². The summed E-state index contributed by atoms with van der Waals surface area (Å²) < 4.78 is 14.0. The number of carboxylic acid groups (broad SMARTS) is 1. The summed E-state index contributed by atoms with van der Waals surface area (Å²) in [6, 6.07) is 1.10. The van der Waals surface area contributed by atoms with Crippen molar-refractivity contribution in [1.82, 2.24) is 14.6 Å². The Balaban J connectivity index is 2.82. The molecule has 0 saturated carbocycles. The number of carboxylic acids is 1. The minimum atomic E-state index is -1.27. The lowest BCUT2D eigenvalue weighted by Gasteiger charge is -1.98. The second-order valence-electron chi connectivity index (χ2n) is 2.50. The number of aromatic carboxylic acids is 1. The molecule has 0 atom stereocenters. The maximum Gasteiger partial charge on any atom is 0.354 e. The summed E-state index contributed by atoms with van der Waals surface area (Å²) in [7, 11) is 0. The Morgan fingerprint density at radius 2 is 2.36 bits per heavy atom. The SMILES string of the molecule is O=C(O)c1cc(Cl)n2ncc(F)c2n1. The van der Waals surface area contributed by atoms with E-state index in [1.54, 1.807) is 0 Å². The van der Waals surface area contributed by atoms with Crippen molar-refractivity contribution in [3.8, 4) is 0 Å². The summed E-state index contributed by atoms with van der Waals surface area (Å²) in [5.74, 6) is -1.98. The summed E-state index contributed by atoms with van der Waals surface area (Å²) in [6.45, 7) is 0. The van der Waals surface area contributed by atoms with E-state index in [1.165, 1.54) is 0 Å². The van der Waals surface area contributed by atoms with Crippen molar-refractivity contribution in [2.45, 2.75) is 0 Å². The Morgan fingerprint density at radius 1 is 1.64 bits per heavy atom. The lowest BCUT2D eigenvalue weighted by molar-refractivity contribution is 0.0690. The summed E-state index contributed by atoms with van der Waals surface area (Å²) >= 11 is 5.65. The molecule has 0 saturated heterocycles. The number of aromatic nitrogens is 3. The van der Waals surface area contributed by atoms with Gasteiger partial charge in [0.25, 0.3) is 0 Å². The zero-order valence-electron chi connectivity index (χ0n) is 6.61. The number of fused-ring (bicyclic) bond motifs is 1. The van der Waals surface area contributed by atoms with Crippen LogP contribution in [0.4, 0.5) is 4.39 Å². The monoisotopic (exact) mass is 215 g/mol. The average Bonchev–Trinajstić information content (AvgIpc) is 2.48. The van der Waals surface area contributed by atoms with Crippen LogP contribution in [-0.2, 0) is 0 Å². The molecule has 7 heteroatoms. The number of nitrogens with zero attached hydrogens (tertiary/aromatic N) is 3. The number of hydrogen-bond acceptors (Lipinski definition) is 3. The molecule has 0 aliphatic heterocycles. The molecule has 0 amide bonds. The van der Waals surface area contributed by atoms with Crippen molar-refractivity contribution in [3.05, 3.63) is 28.9 Å². The van der Waals surface area contributed by atoms with Crippen LogP contribution in [0, 0.1) is 5.82 Å². The van der Waals surface area contributed by atoms with Gasteiger partial charge in [-0.2, -0.15) is 5.10 Å². The summed E-state index contributed by atoms with van der Waals surface area (Å²) in [5.41, 5.74) is -0.517. The fraction of sp³-hybridized carbons (Fsp3) is 0. The van der Waals surface area contributed by atoms with Gasteiger partial charge in [-0.25, -0.2) is 18.7 Å². The van der Waals surface area contributed by atoms with Crippen LogP contribution < -0.4 is 0 Å². The van der Waals surface area contributed by atoms with Gasteiger partial charge in [0, 0.05) is 6.07 Å². The van der Waals surface area contributed by atoms with Crippen LogP contribution in [0.2, 0.25) is 5.15 Å². The molecule has 0 spiro atoms. The summed E-state index contributed by atoms with van der Waals surface area (Å²) in [4.78, 5) is 14.1. The minimum Gasteiger partial charge on any atom is -0.477 e. The average molecular weight is 216 g/mol. The van der Waals surface area contributed by atoms with Crippen LogP contribution in [0.1, 0.15) is 10.5 Å². The van der Waals surface area contributed by atoms with E-state index in [4.69, 9.17) is 16.7 Å². The molecule has 0 aromatic carbocycles. The molecule has 2 rings (SSSR count). The minimum absolute atomic E-state index is 0.00343. The van der Waals surface area contributed by atoms with E-state index >= 15 is 0 Å². The Labute approximate surface area is 81.7 Å². The van der Waals surface area contributed by atoms with Gasteiger partial charge in [0.2, 0.25) is 0 Å². The van der Waals surface area contributed by atoms with E-state index in [9.17, 15) is 9.18 Å². The van der Waals surface area contributed by atoms with Gasteiger partial charge >= 0.3 is 5.97 Å². The van der Waals surface area contributed by atoms with E-state index in [-0.39, 0.29) is 16.5 Å². The largest absolute Gasteiger partial charge is 0.477 e. The number of hydrogen-bond donors (Lipinski definition) is 1. The lowest BCUT2D eigenvalue weighted by atomic mass is 10.4. The first-order valence-electron chi connectivity index (χ1n) is 3.52. The van der Waals surface area contributed by atoms with Gasteiger partial charge in [-0.1, -0.05) is 11.6 Å². The molecule has 2 heterocycles. The van der Waals surface area contributed by atoms with Crippen LogP contribution in [0.5, 0.6) is 0 Å². The van der Waals surface area contributed by atoms with Crippen LogP contribution in [0.3, 0.4) is 0 Å². The highest BCUT2D eigenvalue weighted by Gasteiger charge is 2.13. The third-order valence-electron chi connectivity index (χ3n) is 1.60. The Hall–Kier alpha value is -1.69. The van der Waals surface area contributed by atoms with E-state index in [0.717, 1.165) is 16.8 Å². The molecule has 0 radical (unpaired) electrons. The van der Waals surface area contributed by atoms with Gasteiger partial charge < -0.3 is 5.11 Å². The Bertz CT molecular complexity index is 525. The highest BCUT2D eigenvalue weighted by Crippen LogP contribution is 2.14. The van der Waals surface area contributed by atoms with Gasteiger partial charge in [0.05, 0.1) is 6.20 Å². The highest BCUT2D eigenvalue weighted by atomic mass is 35.5. The van der Waals surface area contributed by atoms with Gasteiger partial charge in [-0.05, 0) is 0 Å². The molecule has 1 N–H and O–H groups in total. The van der Waals surface area contributed by atoms with Crippen molar-refractivity contribution in [3.63, 3.8) is 0 Å². The van der Waals surface area contributed by atoms with Gasteiger partial charge in [-0.3, -0.25) is 0 Å². The fourth-order valence-corrected chi connectivity index (χ4v) is 1.24. The predicted octanol–water partition coefficient (Wildman–Crippen LogP) is 1.22. The summed E-state index contributed by atoms with van der Waals surface area (Å²) in [5, 5.41) is 12.2. The highest BCUT2D eigenvalue weighted by molar-refractivity contribution is 6.30. The van der Waals surface area contributed by atoms with Gasteiger partial charge in [0.1, 0.15) is 5.15 Å². The molecular weight excluding hydrogens is 213 g/mol. The van der Waals surface area contributed by atoms with Crippen LogP contribution >= 0.6 is 11.6 Å². The van der Waals surface area contributed by atoms with Gasteiger partial charge in [0.15, 0.2) is 17.2 Å². The van der Waals surface area contributed by atoms with Crippen LogP contribution in [0.15, 0.2) is 12.3 Å². The standard InChI is InChI=1S/C7H3ClFN3O2/c8-5-1-4(7(13)14)11-6-3(9)2-10-12(5)6/h1-2H,(H,13,14). The van der Waals surface area contributed by atoms with Crippen molar-refractivity contribution in [2.24, 2.45) is 0 Å². The molecule has 2 aromatic rings. The fourth-order valence-electron chi connectivity index (χ4n) is 1.01. The zero-order chi connectivity index (χ0) is 10.3. The van der Waals surface area contributed by atoms with E-state index in [0.29, 0.717) is 0 Å². The molecule has 72 valence electrons. The molecule has 0 aliphatic carbocycles. The van der Waals surface area contributed by atoms with Crippen molar-refractivity contribution in [1.29, 1.82) is 0 Å². The molecule has 0 unspecified atom stereocenters. The zero-order valence-corrected chi connectivity index (χ0v) is 7.36. The maximum atomic E-state index is 13.0. The third-order valence-corrected chi connectivity index (χ3v) is 1.87. The molecule has 5 nitrogen and oxygen atoms in total. The van der Waals surface area contributed by atoms with E-state index < -0.39 is 11.8 Å². The molecular formula is C7H3ClFN3O2. The third kappa shape index (κ3) is 1.20.